The van der Waals surface area contributed by atoms with E-state index in [4.69, 9.17) is 4.74 Å². The summed E-state index contributed by atoms with van der Waals surface area (Å²) in [4.78, 5) is 26.0. The van der Waals surface area contributed by atoms with Crippen molar-refractivity contribution in [2.24, 2.45) is 17.8 Å². The molecule has 0 radical (unpaired) electrons. The van der Waals surface area contributed by atoms with Gasteiger partial charge in [0.15, 0.2) is 0 Å². The first-order valence-electron chi connectivity index (χ1n) is 9.78. The summed E-state index contributed by atoms with van der Waals surface area (Å²) >= 11 is 3.20. The second-order valence-electron chi connectivity index (χ2n) is 7.81. The van der Waals surface area contributed by atoms with E-state index >= 15 is 0 Å². The van der Waals surface area contributed by atoms with Crippen molar-refractivity contribution in [3.63, 3.8) is 0 Å². The molecule has 2 heterocycles. The number of fused-ring (bicyclic) bond motifs is 6. The zero-order valence-electron chi connectivity index (χ0n) is 15.3. The molecule has 4 unspecified atom stereocenters. The van der Waals surface area contributed by atoms with Crippen molar-refractivity contribution in [3.05, 3.63) is 50.4 Å². The summed E-state index contributed by atoms with van der Waals surface area (Å²) in [6.45, 7) is 2.16. The number of hydrogen-bond donors (Lipinski definition) is 0. The van der Waals surface area contributed by atoms with Crippen molar-refractivity contribution in [1.82, 2.24) is 4.57 Å². The Balaban J connectivity index is 1.61. The highest BCUT2D eigenvalue weighted by molar-refractivity contribution is 8.00. The molecule has 4 nitrogen and oxygen atoms in total. The Morgan fingerprint density at radius 2 is 2.00 bits per heavy atom. The zero-order chi connectivity index (χ0) is 18.5. The van der Waals surface area contributed by atoms with Gasteiger partial charge >= 0.3 is 10.8 Å². The van der Waals surface area contributed by atoms with E-state index < -0.39 is 0 Å². The number of esters is 1. The predicted octanol–water partition coefficient (Wildman–Crippen LogP) is 4.13. The molecular formula is C21H23NO3S2. The lowest BCUT2D eigenvalue weighted by Gasteiger charge is -2.40. The molecule has 0 N–H and O–H groups in total. The first kappa shape index (κ1) is 17.6. The van der Waals surface area contributed by atoms with Gasteiger partial charge in [-0.15, -0.1) is 11.8 Å². The monoisotopic (exact) mass is 401 g/mol. The molecular weight excluding hydrogens is 378 g/mol. The fraction of sp³-hybridized carbons (Fsp3) is 0.524. The standard InChI is InChI=1S/C21H23NO3S2/c1-2-25-15(23)11-22-20-19(27-21(22)24)16(12-6-4-3-5-7-12)17-13-8-9-14(10-13)18(17)26-20/h3-7,13-14,16-18H,2,8-11H2,1H3/t13?,14?,16-,17?,18?/m0/s1. The molecule has 2 bridgehead atoms. The zero-order valence-corrected chi connectivity index (χ0v) is 16.9. The smallest absolute Gasteiger partial charge is 0.326 e. The lowest BCUT2D eigenvalue weighted by molar-refractivity contribution is -0.144. The fourth-order valence-electron chi connectivity index (χ4n) is 5.46. The van der Waals surface area contributed by atoms with E-state index in [2.05, 4.69) is 30.3 Å². The number of ether oxygens (including phenoxy) is 1. The van der Waals surface area contributed by atoms with Crippen LogP contribution in [0.1, 0.15) is 42.5 Å². The molecule has 1 aromatic heterocycles. The van der Waals surface area contributed by atoms with Crippen LogP contribution in [-0.4, -0.2) is 22.4 Å². The summed E-state index contributed by atoms with van der Waals surface area (Å²) in [6.07, 6.45) is 3.95. The van der Waals surface area contributed by atoms with Crippen LogP contribution in [0.3, 0.4) is 0 Å². The van der Waals surface area contributed by atoms with E-state index in [1.807, 2.05) is 11.8 Å². The highest BCUT2D eigenvalue weighted by atomic mass is 32.2. The molecule has 3 aliphatic rings. The van der Waals surface area contributed by atoms with Crippen molar-refractivity contribution in [2.45, 2.75) is 48.9 Å². The number of carbonyl (C=O) groups is 1. The van der Waals surface area contributed by atoms with Crippen molar-refractivity contribution in [3.8, 4) is 0 Å². The van der Waals surface area contributed by atoms with Crippen molar-refractivity contribution >= 4 is 29.1 Å². The van der Waals surface area contributed by atoms with Crippen LogP contribution in [-0.2, 0) is 16.1 Å². The number of nitrogens with zero attached hydrogens (tertiary/aromatic N) is 1. The number of thioether (sulfide) groups is 1. The van der Waals surface area contributed by atoms with Gasteiger partial charge in [-0.25, -0.2) is 0 Å². The van der Waals surface area contributed by atoms with E-state index in [-0.39, 0.29) is 23.3 Å². The number of thiazole rings is 1. The molecule has 142 valence electrons. The van der Waals surface area contributed by atoms with E-state index in [1.54, 1.807) is 11.5 Å². The van der Waals surface area contributed by atoms with Crippen molar-refractivity contribution in [2.75, 3.05) is 6.61 Å². The highest BCUT2D eigenvalue weighted by Gasteiger charge is 2.55. The summed E-state index contributed by atoms with van der Waals surface area (Å²) in [5, 5.41) is 1.57. The summed E-state index contributed by atoms with van der Waals surface area (Å²) in [5.74, 6) is 2.07. The molecule has 6 heteroatoms. The van der Waals surface area contributed by atoms with E-state index in [0.717, 1.165) is 21.7 Å². The van der Waals surface area contributed by atoms with Crippen LogP contribution in [0.4, 0.5) is 0 Å². The molecule has 2 saturated carbocycles. The minimum atomic E-state index is -0.327. The predicted molar refractivity (Wildman–Crippen MR) is 107 cm³/mol. The normalized spacial score (nSPS) is 30.8. The molecule has 2 fully saturated rings. The number of benzene rings is 1. The van der Waals surface area contributed by atoms with E-state index in [1.165, 1.54) is 36.2 Å². The van der Waals surface area contributed by atoms with Gasteiger partial charge in [-0.3, -0.25) is 14.2 Å². The summed E-state index contributed by atoms with van der Waals surface area (Å²) in [7, 11) is 0. The Bertz CT molecular complexity index is 919. The van der Waals surface area contributed by atoms with Crippen LogP contribution in [0.25, 0.3) is 0 Å². The minimum absolute atomic E-state index is 0.0263. The van der Waals surface area contributed by atoms with Gasteiger partial charge in [0, 0.05) is 16.0 Å². The van der Waals surface area contributed by atoms with Crippen molar-refractivity contribution < 1.29 is 9.53 Å². The first-order chi connectivity index (χ1) is 13.2. The van der Waals surface area contributed by atoms with E-state index in [0.29, 0.717) is 17.8 Å². The Morgan fingerprint density at radius 3 is 2.78 bits per heavy atom. The summed E-state index contributed by atoms with van der Waals surface area (Å²) < 4.78 is 6.77. The second kappa shape index (κ2) is 6.82. The summed E-state index contributed by atoms with van der Waals surface area (Å²) in [5.41, 5.74) is 1.31. The van der Waals surface area contributed by atoms with Crippen LogP contribution in [0, 0.1) is 17.8 Å². The van der Waals surface area contributed by atoms with Crippen LogP contribution < -0.4 is 4.87 Å². The molecule has 27 heavy (non-hydrogen) atoms. The number of carbonyl (C=O) groups excluding carboxylic acids is 1. The topological polar surface area (TPSA) is 48.3 Å². The number of aromatic nitrogens is 1. The first-order valence-corrected chi connectivity index (χ1v) is 11.5. The average molecular weight is 402 g/mol. The van der Waals surface area contributed by atoms with Gasteiger partial charge < -0.3 is 4.74 Å². The molecule has 0 saturated heterocycles. The molecule has 1 aromatic carbocycles. The maximum absolute atomic E-state index is 12.8. The second-order valence-corrected chi connectivity index (χ2v) is 9.97. The molecule has 1 aliphatic heterocycles. The van der Waals surface area contributed by atoms with Gasteiger partial charge in [0.25, 0.3) is 0 Å². The van der Waals surface area contributed by atoms with Gasteiger partial charge in [-0.1, -0.05) is 41.7 Å². The Kier molecular flexibility index (Phi) is 4.43. The van der Waals surface area contributed by atoms with Gasteiger partial charge in [-0.2, -0.15) is 0 Å². The van der Waals surface area contributed by atoms with Crippen LogP contribution >= 0.6 is 23.1 Å². The van der Waals surface area contributed by atoms with Gasteiger partial charge in [-0.05, 0) is 49.5 Å². The molecule has 2 aromatic rings. The molecule has 0 spiro atoms. The molecule has 5 atom stereocenters. The largest absolute Gasteiger partial charge is 0.465 e. The average Bonchev–Trinajstić information content (AvgIpc) is 3.36. The minimum Gasteiger partial charge on any atom is -0.465 e. The number of hydrogen-bond acceptors (Lipinski definition) is 5. The maximum Gasteiger partial charge on any atom is 0.326 e. The molecule has 5 rings (SSSR count). The van der Waals surface area contributed by atoms with Crippen molar-refractivity contribution in [1.29, 1.82) is 0 Å². The SMILES string of the molecule is CCOC(=O)Cn1c2c(sc1=O)[C@@H](c1ccccc1)C1C3CCC(C3)C1S2. The van der Waals surface area contributed by atoms with E-state index in [9.17, 15) is 9.59 Å². The summed E-state index contributed by atoms with van der Waals surface area (Å²) in [6, 6.07) is 10.6. The molecule has 0 amide bonds. The third-order valence-corrected chi connectivity index (χ3v) is 9.27. The van der Waals surface area contributed by atoms with Crippen LogP contribution in [0.2, 0.25) is 0 Å². The third kappa shape index (κ3) is 2.80. The van der Waals surface area contributed by atoms with Gasteiger partial charge in [0.1, 0.15) is 6.54 Å². The Morgan fingerprint density at radius 1 is 1.22 bits per heavy atom. The quantitative estimate of drug-likeness (QED) is 0.723. The molecule has 2 aliphatic carbocycles. The Labute approximate surface area is 166 Å². The highest BCUT2D eigenvalue weighted by Crippen LogP contribution is 2.63. The Hall–Kier alpha value is -1.53. The number of rotatable bonds is 4. The fourth-order valence-corrected chi connectivity index (χ4v) is 8.61. The van der Waals surface area contributed by atoms with Gasteiger partial charge in [0.2, 0.25) is 0 Å². The lowest BCUT2D eigenvalue weighted by Crippen LogP contribution is -2.34. The maximum atomic E-state index is 12.8. The van der Waals surface area contributed by atoms with Crippen LogP contribution in [0.5, 0.6) is 0 Å². The van der Waals surface area contributed by atoms with Crippen LogP contribution in [0.15, 0.2) is 40.2 Å². The third-order valence-electron chi connectivity index (χ3n) is 6.44. The van der Waals surface area contributed by atoms with Gasteiger partial charge in [0.05, 0.1) is 11.6 Å². The lowest BCUT2D eigenvalue weighted by atomic mass is 9.75.